The van der Waals surface area contributed by atoms with Gasteiger partial charge in [-0.1, -0.05) is 42.5 Å². The number of phenols is 1. The lowest BCUT2D eigenvalue weighted by molar-refractivity contribution is -0.153. The Morgan fingerprint density at radius 3 is 2.29 bits per heavy atom. The zero-order valence-electron chi connectivity index (χ0n) is 23.3. The third-order valence-electron chi connectivity index (χ3n) is 8.46. The Morgan fingerprint density at radius 1 is 1.05 bits per heavy atom. The number of hydrogen-bond acceptors (Lipinski definition) is 9. The number of fused-ring (bicyclic) bond motifs is 3. The quantitative estimate of drug-likeness (QED) is 0.273. The van der Waals surface area contributed by atoms with Crippen LogP contribution in [0, 0.1) is 11.8 Å². The number of nitrogens with zero attached hydrogens (tertiary/aromatic N) is 2. The van der Waals surface area contributed by atoms with E-state index in [0.29, 0.717) is 16.8 Å². The first-order chi connectivity index (χ1) is 19.3. The van der Waals surface area contributed by atoms with Crippen LogP contribution < -0.4 is 10.6 Å². The molecule has 1 amide bonds. The molecular formula is C31H33N3O7. The summed E-state index contributed by atoms with van der Waals surface area (Å²) in [6.45, 7) is 0. The second kappa shape index (κ2) is 9.90. The molecule has 6 N–H and O–H groups in total. The lowest BCUT2D eigenvalue weighted by atomic mass is 9.57. The van der Waals surface area contributed by atoms with Crippen LogP contribution in [0.2, 0.25) is 0 Å². The van der Waals surface area contributed by atoms with Crippen molar-refractivity contribution in [3.05, 3.63) is 75.6 Å². The number of likely N-dealkylation sites (N-methyl/N-ethyl adjacent to an activating group) is 1. The number of benzene rings is 2. The van der Waals surface area contributed by atoms with E-state index in [0.717, 1.165) is 5.56 Å². The Kier molecular flexibility index (Phi) is 6.79. The average Bonchev–Trinajstić information content (AvgIpc) is 2.90. The number of anilines is 1. The highest BCUT2D eigenvalue weighted by atomic mass is 16.3. The Bertz CT molecular complexity index is 1570. The molecule has 2 aromatic rings. The molecule has 4 atom stereocenters. The smallest absolute Gasteiger partial charge is 0.255 e. The van der Waals surface area contributed by atoms with Crippen molar-refractivity contribution >= 4 is 41.1 Å². The number of phenolic OH excluding ortho intramolecular Hbond substituents is 1. The van der Waals surface area contributed by atoms with E-state index in [4.69, 9.17) is 5.73 Å². The van der Waals surface area contributed by atoms with Crippen LogP contribution in [0.25, 0.3) is 17.9 Å². The maximum absolute atomic E-state index is 14.1. The van der Waals surface area contributed by atoms with Crippen LogP contribution in [0.5, 0.6) is 5.75 Å². The Labute approximate surface area is 237 Å². The van der Waals surface area contributed by atoms with Gasteiger partial charge in [-0.25, -0.2) is 0 Å². The van der Waals surface area contributed by atoms with Gasteiger partial charge >= 0.3 is 0 Å². The highest BCUT2D eigenvalue weighted by molar-refractivity contribution is 6.24. The Balaban J connectivity index is 1.72. The van der Waals surface area contributed by atoms with E-state index < -0.39 is 58.0 Å². The topological polar surface area (TPSA) is 165 Å². The number of amides is 1. The number of hydrogen-bond donors (Lipinski definition) is 5. The van der Waals surface area contributed by atoms with Gasteiger partial charge in [-0.05, 0) is 50.0 Å². The number of rotatable bonds is 5. The fourth-order valence-corrected chi connectivity index (χ4v) is 6.59. The number of ketones is 2. The summed E-state index contributed by atoms with van der Waals surface area (Å²) in [5.41, 5.74) is 4.37. The molecule has 1 saturated carbocycles. The minimum absolute atomic E-state index is 0.0368. The summed E-state index contributed by atoms with van der Waals surface area (Å²) in [5.74, 6) is -6.70. The van der Waals surface area contributed by atoms with Crippen molar-refractivity contribution in [1.29, 1.82) is 0 Å². The lowest BCUT2D eigenvalue weighted by Crippen LogP contribution is -2.65. The van der Waals surface area contributed by atoms with Gasteiger partial charge in [0.05, 0.1) is 11.6 Å². The minimum atomic E-state index is -2.67. The largest absolute Gasteiger partial charge is 0.508 e. The molecule has 3 aliphatic rings. The second-order valence-corrected chi connectivity index (χ2v) is 11.3. The number of nitrogens with two attached hydrogens (primary N) is 1. The first-order valence-corrected chi connectivity index (χ1v) is 13.2. The number of aliphatic hydroxyl groups is 3. The third-order valence-corrected chi connectivity index (χ3v) is 8.46. The molecule has 1 fully saturated rings. The molecule has 0 spiro atoms. The molecule has 214 valence electrons. The van der Waals surface area contributed by atoms with E-state index in [9.17, 15) is 34.8 Å². The number of aromatic hydroxyl groups is 1. The van der Waals surface area contributed by atoms with Gasteiger partial charge in [0.1, 0.15) is 22.8 Å². The van der Waals surface area contributed by atoms with Crippen molar-refractivity contribution < 1.29 is 34.8 Å². The van der Waals surface area contributed by atoms with E-state index in [1.54, 1.807) is 26.2 Å². The maximum atomic E-state index is 14.1. The van der Waals surface area contributed by atoms with Crippen LogP contribution in [0.15, 0.2) is 53.3 Å². The van der Waals surface area contributed by atoms with Crippen LogP contribution in [0.3, 0.4) is 0 Å². The predicted octanol–water partition coefficient (Wildman–Crippen LogP) is 2.20. The Morgan fingerprint density at radius 2 is 1.71 bits per heavy atom. The van der Waals surface area contributed by atoms with Crippen molar-refractivity contribution in [3.8, 4) is 5.75 Å². The van der Waals surface area contributed by atoms with Crippen LogP contribution >= 0.6 is 0 Å². The molecule has 0 saturated heterocycles. The fourth-order valence-electron chi connectivity index (χ4n) is 6.59. The molecule has 41 heavy (non-hydrogen) atoms. The number of primary amides is 1. The highest BCUT2D eigenvalue weighted by Gasteiger charge is 2.64. The van der Waals surface area contributed by atoms with Gasteiger partial charge in [0.2, 0.25) is 5.78 Å². The summed E-state index contributed by atoms with van der Waals surface area (Å²) >= 11 is 0. The average molecular weight is 560 g/mol. The van der Waals surface area contributed by atoms with Crippen molar-refractivity contribution in [2.45, 2.75) is 24.5 Å². The van der Waals surface area contributed by atoms with Gasteiger partial charge in [-0.15, -0.1) is 0 Å². The maximum Gasteiger partial charge on any atom is 0.255 e. The molecule has 0 aromatic heterocycles. The lowest BCUT2D eigenvalue weighted by Gasteiger charge is -2.50. The molecule has 2 aromatic carbocycles. The number of aliphatic hydroxyl groups excluding tert-OH is 2. The molecule has 0 bridgehead atoms. The number of Topliss-reactive ketones (excluding diaryl/α,β-unsaturated/α-hetero) is 2. The van der Waals surface area contributed by atoms with Crippen LogP contribution in [-0.2, 0) is 20.8 Å². The van der Waals surface area contributed by atoms with Crippen LogP contribution in [0.1, 0.15) is 28.7 Å². The van der Waals surface area contributed by atoms with Crippen molar-refractivity contribution in [2.24, 2.45) is 17.6 Å². The highest BCUT2D eigenvalue weighted by Crippen LogP contribution is 2.54. The predicted molar refractivity (Wildman–Crippen MR) is 154 cm³/mol. The summed E-state index contributed by atoms with van der Waals surface area (Å²) < 4.78 is 0. The molecule has 0 heterocycles. The Hall–Kier alpha value is -4.41. The molecule has 4 unspecified atom stereocenters. The minimum Gasteiger partial charge on any atom is -0.508 e. The van der Waals surface area contributed by atoms with Crippen molar-refractivity contribution in [3.63, 3.8) is 0 Å². The summed E-state index contributed by atoms with van der Waals surface area (Å²) in [4.78, 5) is 42.8. The molecule has 3 aliphatic carbocycles. The molecule has 10 nitrogen and oxygen atoms in total. The van der Waals surface area contributed by atoms with Crippen LogP contribution in [0.4, 0.5) is 5.69 Å². The van der Waals surface area contributed by atoms with E-state index in [-0.39, 0.29) is 29.7 Å². The standard InChI is InChI=1S/C31H33N3O7/c1-33(2)20-14-16(11-10-15-8-6-5-7-9-15)25(35)22-18(20)12-17-13-19-24(34(3)4)27(37)23(30(32)40)29(39)31(19,41)28(38)21(17)26(22)36/h5-11,14,17,19,24,35-36,39,41H,12-13H2,1-4H3,(H2,32,40)/b11-10+. The summed E-state index contributed by atoms with van der Waals surface area (Å²) in [5, 5.41) is 45.8. The number of carbonyl (C=O) groups excluding carboxylic acids is 3. The monoisotopic (exact) mass is 559 g/mol. The third kappa shape index (κ3) is 4.13. The van der Waals surface area contributed by atoms with Gasteiger partial charge in [0, 0.05) is 36.8 Å². The zero-order chi connectivity index (χ0) is 30.0. The molecule has 0 aliphatic heterocycles. The van der Waals surface area contributed by atoms with E-state index in [1.165, 1.54) is 4.90 Å². The summed E-state index contributed by atoms with van der Waals surface area (Å²) in [6, 6.07) is 10.1. The SMILES string of the molecule is CN(C)c1cc(/C=C/c2ccccc2)c(O)c2c1CC1CC3C(N(C)C)C(=O)C(C(N)=O)=C(O)C3(O)C(=O)C1=C2O. The fraction of sp³-hybridized carbons (Fsp3) is 0.323. The van der Waals surface area contributed by atoms with Gasteiger partial charge in [0.25, 0.3) is 5.91 Å². The molecule has 10 heteroatoms. The van der Waals surface area contributed by atoms with Gasteiger partial charge in [-0.3, -0.25) is 19.3 Å². The van der Waals surface area contributed by atoms with Crippen molar-refractivity contribution in [2.75, 3.05) is 33.1 Å². The second-order valence-electron chi connectivity index (χ2n) is 11.3. The van der Waals surface area contributed by atoms with E-state index >= 15 is 0 Å². The van der Waals surface area contributed by atoms with E-state index in [1.807, 2.05) is 55.4 Å². The van der Waals surface area contributed by atoms with E-state index in [2.05, 4.69) is 0 Å². The molecule has 5 rings (SSSR count). The zero-order valence-corrected chi connectivity index (χ0v) is 23.3. The first kappa shape index (κ1) is 28.1. The van der Waals surface area contributed by atoms with Crippen molar-refractivity contribution in [1.82, 2.24) is 4.90 Å². The molecular weight excluding hydrogens is 526 g/mol. The van der Waals surface area contributed by atoms with Gasteiger partial charge in [-0.2, -0.15) is 0 Å². The first-order valence-electron chi connectivity index (χ1n) is 13.2. The van der Waals surface area contributed by atoms with Crippen LogP contribution in [-0.4, -0.2) is 82.6 Å². The normalized spacial score (nSPS) is 25.9. The summed E-state index contributed by atoms with van der Waals surface area (Å²) in [7, 11) is 6.79. The van der Waals surface area contributed by atoms with Gasteiger partial charge < -0.3 is 31.1 Å². The summed E-state index contributed by atoms with van der Waals surface area (Å²) in [6.07, 6.45) is 3.77. The molecule has 0 radical (unpaired) electrons. The number of carbonyl (C=O) groups is 3. The van der Waals surface area contributed by atoms with Gasteiger partial charge in [0.15, 0.2) is 11.4 Å².